The molecule has 0 aromatic heterocycles. The summed E-state index contributed by atoms with van der Waals surface area (Å²) in [7, 11) is 0. The highest BCUT2D eigenvalue weighted by Gasteiger charge is 1.98. The first-order valence-corrected chi connectivity index (χ1v) is 6.90. The second kappa shape index (κ2) is 14.4. The van der Waals surface area contributed by atoms with Gasteiger partial charge in [0.25, 0.3) is 6.08 Å². The van der Waals surface area contributed by atoms with Crippen LogP contribution in [0.1, 0.15) is 59.8 Å². The number of hydrogen-bond donors (Lipinski definition) is 1. The SMILES string of the molecule is C1CCNCC1.C=C(C)CCC(C)=C(F)F.CC. The lowest BCUT2D eigenvalue weighted by Crippen LogP contribution is -2.21. The predicted octanol–water partition coefficient (Wildman–Crippen LogP) is 5.30. The molecule has 0 bridgehead atoms. The molecule has 0 amide bonds. The van der Waals surface area contributed by atoms with Gasteiger partial charge in [-0.2, -0.15) is 8.78 Å². The highest BCUT2D eigenvalue weighted by atomic mass is 19.3. The molecule has 1 saturated heterocycles. The van der Waals surface area contributed by atoms with Crippen molar-refractivity contribution in [3.05, 3.63) is 23.8 Å². The molecule has 0 aromatic carbocycles. The van der Waals surface area contributed by atoms with Crippen molar-refractivity contribution in [2.24, 2.45) is 0 Å². The lowest BCUT2D eigenvalue weighted by atomic mass is 10.1. The summed E-state index contributed by atoms with van der Waals surface area (Å²) in [6, 6.07) is 0. The van der Waals surface area contributed by atoms with Gasteiger partial charge in [0.15, 0.2) is 0 Å². The van der Waals surface area contributed by atoms with E-state index in [-0.39, 0.29) is 5.57 Å². The van der Waals surface area contributed by atoms with Crippen LogP contribution in [0.25, 0.3) is 0 Å². The van der Waals surface area contributed by atoms with Crippen LogP contribution in [0, 0.1) is 0 Å². The monoisotopic (exact) mass is 261 g/mol. The van der Waals surface area contributed by atoms with Crippen molar-refractivity contribution in [1.29, 1.82) is 0 Å². The third kappa shape index (κ3) is 15.3. The van der Waals surface area contributed by atoms with E-state index in [9.17, 15) is 8.78 Å². The molecule has 0 aliphatic carbocycles. The minimum absolute atomic E-state index is 0.169. The number of piperidine rings is 1. The van der Waals surface area contributed by atoms with Gasteiger partial charge in [0, 0.05) is 0 Å². The number of rotatable bonds is 3. The molecule has 1 aliphatic heterocycles. The molecule has 1 aliphatic rings. The molecule has 1 N–H and O–H groups in total. The number of allylic oxidation sites excluding steroid dienone is 2. The van der Waals surface area contributed by atoms with E-state index < -0.39 is 6.08 Å². The molecule has 1 fully saturated rings. The summed E-state index contributed by atoms with van der Waals surface area (Å²) in [5.74, 6) is 0. The summed E-state index contributed by atoms with van der Waals surface area (Å²) in [6.45, 7) is 13.4. The average Bonchev–Trinajstić information content (AvgIpc) is 2.40. The Morgan fingerprint density at radius 1 is 1.00 bits per heavy atom. The molecule has 0 aromatic rings. The van der Waals surface area contributed by atoms with E-state index in [0.717, 1.165) is 5.57 Å². The molecule has 0 unspecified atom stereocenters. The summed E-state index contributed by atoms with van der Waals surface area (Å²) in [5.41, 5.74) is 1.11. The van der Waals surface area contributed by atoms with Gasteiger partial charge in [-0.1, -0.05) is 25.8 Å². The van der Waals surface area contributed by atoms with E-state index in [2.05, 4.69) is 11.9 Å². The largest absolute Gasteiger partial charge is 0.317 e. The van der Waals surface area contributed by atoms with E-state index in [1.54, 1.807) is 0 Å². The van der Waals surface area contributed by atoms with Crippen LogP contribution in [0.3, 0.4) is 0 Å². The van der Waals surface area contributed by atoms with Crippen molar-refractivity contribution in [2.45, 2.75) is 59.8 Å². The first kappa shape index (κ1) is 19.6. The van der Waals surface area contributed by atoms with Gasteiger partial charge in [0.1, 0.15) is 0 Å². The number of halogens is 2. The maximum absolute atomic E-state index is 11.7. The molecule has 1 rings (SSSR count). The number of nitrogens with one attached hydrogen (secondary N) is 1. The minimum Gasteiger partial charge on any atom is -0.317 e. The molecule has 0 radical (unpaired) electrons. The third-order valence-electron chi connectivity index (χ3n) is 2.46. The minimum atomic E-state index is -1.55. The standard InChI is InChI=1S/C8H12F2.C5H11N.C2H6/c1-6(2)4-5-7(3)8(9)10;1-2-4-6-5-3-1;1-2/h1,4-5H2,2-3H3;6H,1-5H2;1-2H3. The van der Waals surface area contributed by atoms with Crippen LogP contribution in [-0.2, 0) is 0 Å². The Morgan fingerprint density at radius 3 is 1.72 bits per heavy atom. The highest BCUT2D eigenvalue weighted by molar-refractivity contribution is 5.02. The van der Waals surface area contributed by atoms with Gasteiger partial charge in [0.05, 0.1) is 0 Å². The van der Waals surface area contributed by atoms with Crippen LogP contribution in [-0.4, -0.2) is 13.1 Å². The van der Waals surface area contributed by atoms with Crippen LogP contribution >= 0.6 is 0 Å². The number of hydrogen-bond acceptors (Lipinski definition) is 1. The zero-order chi connectivity index (χ0) is 14.4. The average molecular weight is 261 g/mol. The van der Waals surface area contributed by atoms with Gasteiger partial charge >= 0.3 is 0 Å². The van der Waals surface area contributed by atoms with Gasteiger partial charge in [-0.25, -0.2) is 0 Å². The molecule has 18 heavy (non-hydrogen) atoms. The molecule has 3 heteroatoms. The van der Waals surface area contributed by atoms with Gasteiger partial charge in [-0.15, -0.1) is 6.58 Å². The maximum Gasteiger partial charge on any atom is 0.269 e. The summed E-state index contributed by atoms with van der Waals surface area (Å²) >= 11 is 0. The summed E-state index contributed by atoms with van der Waals surface area (Å²) in [6.07, 6.45) is 3.75. The smallest absolute Gasteiger partial charge is 0.269 e. The van der Waals surface area contributed by atoms with Gasteiger partial charge in [-0.05, 0) is 58.2 Å². The van der Waals surface area contributed by atoms with Crippen molar-refractivity contribution in [1.82, 2.24) is 5.32 Å². The molecule has 1 heterocycles. The molecule has 0 atom stereocenters. The van der Waals surface area contributed by atoms with Crippen LogP contribution < -0.4 is 5.32 Å². The van der Waals surface area contributed by atoms with E-state index in [1.807, 2.05) is 20.8 Å². The van der Waals surface area contributed by atoms with Gasteiger partial charge in [0.2, 0.25) is 0 Å². The van der Waals surface area contributed by atoms with Crippen LogP contribution in [0.15, 0.2) is 23.8 Å². The topological polar surface area (TPSA) is 12.0 Å². The van der Waals surface area contributed by atoms with Crippen molar-refractivity contribution in [2.75, 3.05) is 13.1 Å². The Hall–Kier alpha value is -0.700. The summed E-state index contributed by atoms with van der Waals surface area (Å²) in [4.78, 5) is 0. The fourth-order valence-corrected chi connectivity index (χ4v) is 1.30. The van der Waals surface area contributed by atoms with Crippen LogP contribution in [0.2, 0.25) is 0 Å². The molecule has 0 spiro atoms. The third-order valence-corrected chi connectivity index (χ3v) is 2.46. The van der Waals surface area contributed by atoms with Crippen molar-refractivity contribution < 1.29 is 8.78 Å². The van der Waals surface area contributed by atoms with Crippen molar-refractivity contribution in [3.63, 3.8) is 0 Å². The second-order valence-electron chi connectivity index (χ2n) is 4.31. The predicted molar refractivity (Wildman–Crippen MR) is 77.0 cm³/mol. The molecule has 0 saturated carbocycles. The molecule has 1 nitrogen and oxygen atoms in total. The zero-order valence-electron chi connectivity index (χ0n) is 12.4. The second-order valence-corrected chi connectivity index (χ2v) is 4.31. The van der Waals surface area contributed by atoms with E-state index in [1.165, 1.54) is 39.3 Å². The van der Waals surface area contributed by atoms with E-state index in [4.69, 9.17) is 0 Å². The van der Waals surface area contributed by atoms with Crippen LogP contribution in [0.4, 0.5) is 8.78 Å². The lowest BCUT2D eigenvalue weighted by molar-refractivity contribution is 0.408. The first-order chi connectivity index (χ1) is 8.54. The highest BCUT2D eigenvalue weighted by Crippen LogP contribution is 2.14. The Bertz CT molecular complexity index is 215. The van der Waals surface area contributed by atoms with Crippen molar-refractivity contribution in [3.8, 4) is 0 Å². The Balaban J connectivity index is 0. The van der Waals surface area contributed by atoms with Gasteiger partial charge < -0.3 is 5.32 Å². The summed E-state index contributed by atoms with van der Waals surface area (Å²) < 4.78 is 23.5. The quantitative estimate of drug-likeness (QED) is 0.680. The Kier molecular flexibility index (Phi) is 15.7. The molecule has 108 valence electrons. The van der Waals surface area contributed by atoms with Gasteiger partial charge in [-0.3, -0.25) is 0 Å². The Morgan fingerprint density at radius 2 is 1.50 bits per heavy atom. The normalized spacial score (nSPS) is 13.4. The lowest BCUT2D eigenvalue weighted by Gasteiger charge is -2.08. The summed E-state index contributed by atoms with van der Waals surface area (Å²) in [5, 5.41) is 3.28. The molecular weight excluding hydrogens is 232 g/mol. The molecular formula is C15H29F2N. The fourth-order valence-electron chi connectivity index (χ4n) is 1.30. The fraction of sp³-hybridized carbons (Fsp3) is 0.733. The van der Waals surface area contributed by atoms with Crippen molar-refractivity contribution >= 4 is 0 Å². The van der Waals surface area contributed by atoms with E-state index in [0.29, 0.717) is 12.8 Å². The van der Waals surface area contributed by atoms with E-state index >= 15 is 0 Å². The Labute approximate surface area is 111 Å². The van der Waals surface area contributed by atoms with Crippen LogP contribution in [0.5, 0.6) is 0 Å². The first-order valence-electron chi connectivity index (χ1n) is 6.90. The maximum atomic E-state index is 11.7. The zero-order valence-corrected chi connectivity index (χ0v) is 12.4.